The van der Waals surface area contributed by atoms with Crippen molar-refractivity contribution in [1.29, 1.82) is 0 Å². The molecule has 0 saturated carbocycles. The summed E-state index contributed by atoms with van der Waals surface area (Å²) in [5, 5.41) is 14.8. The molecule has 1 aromatic carbocycles. The highest BCUT2D eigenvalue weighted by molar-refractivity contribution is 7.99. The number of sulfonamides is 1. The Kier molecular flexibility index (Phi) is 3.84. The van der Waals surface area contributed by atoms with Gasteiger partial charge < -0.3 is 9.67 Å². The van der Waals surface area contributed by atoms with Crippen LogP contribution in [-0.4, -0.2) is 29.0 Å². The van der Waals surface area contributed by atoms with E-state index in [1.54, 1.807) is 24.0 Å². The van der Waals surface area contributed by atoms with Gasteiger partial charge in [0.05, 0.1) is 10.5 Å². The van der Waals surface area contributed by atoms with Crippen molar-refractivity contribution in [2.24, 2.45) is 12.2 Å². The topological polar surface area (TPSA) is 115 Å². The van der Waals surface area contributed by atoms with Crippen LogP contribution in [0.2, 0.25) is 0 Å². The van der Waals surface area contributed by atoms with E-state index in [1.807, 2.05) is 0 Å². The van der Waals surface area contributed by atoms with Gasteiger partial charge in [-0.15, -0.1) is 0 Å². The Bertz CT molecular complexity index is 768. The van der Waals surface area contributed by atoms with Crippen LogP contribution in [-0.2, 0) is 17.1 Å². The molecule has 9 heteroatoms. The molecule has 0 amide bonds. The van der Waals surface area contributed by atoms with Crippen LogP contribution in [0.1, 0.15) is 10.4 Å². The minimum Gasteiger partial charge on any atom is -0.478 e. The molecule has 1 heterocycles. The number of carboxylic acids is 1. The van der Waals surface area contributed by atoms with Crippen LogP contribution in [0, 0.1) is 0 Å². The molecule has 2 aromatic rings. The summed E-state index contributed by atoms with van der Waals surface area (Å²) < 4.78 is 24.2. The fourth-order valence-corrected chi connectivity index (χ4v) is 2.94. The maximum atomic E-state index is 11.3. The zero-order valence-electron chi connectivity index (χ0n) is 10.3. The minimum absolute atomic E-state index is 0.135. The van der Waals surface area contributed by atoms with Gasteiger partial charge in [-0.25, -0.2) is 23.3 Å². The Morgan fingerprint density at radius 3 is 2.65 bits per heavy atom. The standard InChI is InChI=1S/C11H11N3O4S2/c1-14-5-4-13-11(14)19-9-3-2-7(20(12,17)18)6-8(9)10(15)16/h2-6H,1H3,(H,15,16)(H2,12,17,18). The second-order valence-electron chi connectivity index (χ2n) is 3.93. The third-order valence-electron chi connectivity index (χ3n) is 2.49. The summed E-state index contributed by atoms with van der Waals surface area (Å²) in [6.45, 7) is 0. The number of hydrogen-bond donors (Lipinski definition) is 2. The highest BCUT2D eigenvalue weighted by Gasteiger charge is 2.17. The van der Waals surface area contributed by atoms with E-state index in [-0.39, 0.29) is 10.5 Å². The van der Waals surface area contributed by atoms with E-state index in [1.165, 1.54) is 12.1 Å². The quantitative estimate of drug-likeness (QED) is 0.867. The van der Waals surface area contributed by atoms with E-state index >= 15 is 0 Å². The molecule has 0 saturated heterocycles. The number of nitrogens with zero attached hydrogens (tertiary/aromatic N) is 2. The Labute approximate surface area is 119 Å². The summed E-state index contributed by atoms with van der Waals surface area (Å²) in [5.74, 6) is -1.23. The number of carboxylic acid groups (broad SMARTS) is 1. The molecule has 106 valence electrons. The zero-order chi connectivity index (χ0) is 14.9. The summed E-state index contributed by atoms with van der Waals surface area (Å²) in [7, 11) is -2.17. The predicted molar refractivity (Wildman–Crippen MR) is 72.1 cm³/mol. The molecule has 0 spiro atoms. The lowest BCUT2D eigenvalue weighted by Gasteiger charge is -2.07. The molecule has 0 aliphatic heterocycles. The van der Waals surface area contributed by atoms with Crippen LogP contribution in [0.4, 0.5) is 0 Å². The van der Waals surface area contributed by atoms with E-state index in [9.17, 15) is 18.3 Å². The second-order valence-corrected chi connectivity index (χ2v) is 6.50. The fourth-order valence-electron chi connectivity index (χ4n) is 1.49. The average Bonchev–Trinajstić information content (AvgIpc) is 2.74. The van der Waals surface area contributed by atoms with Crippen molar-refractivity contribution in [3.63, 3.8) is 0 Å². The van der Waals surface area contributed by atoms with Gasteiger partial charge in [0.1, 0.15) is 0 Å². The number of rotatable bonds is 4. The molecule has 3 N–H and O–H groups in total. The Balaban J connectivity index is 2.49. The molecule has 2 rings (SSSR count). The highest BCUT2D eigenvalue weighted by atomic mass is 32.2. The Morgan fingerprint density at radius 2 is 2.15 bits per heavy atom. The lowest BCUT2D eigenvalue weighted by molar-refractivity contribution is 0.0693. The maximum Gasteiger partial charge on any atom is 0.336 e. The van der Waals surface area contributed by atoms with Crippen molar-refractivity contribution in [3.05, 3.63) is 36.2 Å². The molecule has 7 nitrogen and oxygen atoms in total. The fraction of sp³-hybridized carbons (Fsp3) is 0.0909. The van der Waals surface area contributed by atoms with Gasteiger partial charge in [0, 0.05) is 24.3 Å². The summed E-state index contributed by atoms with van der Waals surface area (Å²) in [4.78, 5) is 15.5. The molecule has 0 aliphatic carbocycles. The minimum atomic E-state index is -3.94. The highest BCUT2D eigenvalue weighted by Crippen LogP contribution is 2.30. The van der Waals surface area contributed by atoms with Gasteiger partial charge in [0.2, 0.25) is 10.0 Å². The first kappa shape index (κ1) is 14.6. The van der Waals surface area contributed by atoms with Gasteiger partial charge in [-0.3, -0.25) is 0 Å². The molecule has 0 bridgehead atoms. The average molecular weight is 313 g/mol. The third-order valence-corrected chi connectivity index (χ3v) is 4.55. The van der Waals surface area contributed by atoms with Crippen LogP contribution < -0.4 is 5.14 Å². The molecule has 0 radical (unpaired) electrons. The molecule has 0 fully saturated rings. The SMILES string of the molecule is Cn1ccnc1Sc1ccc(S(N)(=O)=O)cc1C(=O)O. The maximum absolute atomic E-state index is 11.3. The van der Waals surface area contributed by atoms with Gasteiger partial charge in [0.15, 0.2) is 5.16 Å². The number of benzene rings is 1. The van der Waals surface area contributed by atoms with E-state index < -0.39 is 16.0 Å². The third kappa shape index (κ3) is 3.00. The van der Waals surface area contributed by atoms with Crippen molar-refractivity contribution < 1.29 is 18.3 Å². The van der Waals surface area contributed by atoms with Crippen molar-refractivity contribution in [1.82, 2.24) is 9.55 Å². The number of primary sulfonamides is 1. The molecular weight excluding hydrogens is 302 g/mol. The van der Waals surface area contributed by atoms with Crippen molar-refractivity contribution in [2.75, 3.05) is 0 Å². The van der Waals surface area contributed by atoms with Crippen molar-refractivity contribution in [3.8, 4) is 0 Å². The molecule has 0 unspecified atom stereocenters. The van der Waals surface area contributed by atoms with Gasteiger partial charge in [-0.05, 0) is 18.2 Å². The first-order chi connectivity index (χ1) is 9.29. The molecule has 1 aromatic heterocycles. The van der Waals surface area contributed by atoms with Gasteiger partial charge >= 0.3 is 5.97 Å². The Hall–Kier alpha value is -1.84. The summed E-state index contributed by atoms with van der Waals surface area (Å²) in [5.41, 5.74) is -0.135. The van der Waals surface area contributed by atoms with Crippen LogP contribution in [0.5, 0.6) is 0 Å². The van der Waals surface area contributed by atoms with Crippen LogP contribution in [0.25, 0.3) is 0 Å². The van der Waals surface area contributed by atoms with Gasteiger partial charge in [0.25, 0.3) is 0 Å². The number of carbonyl (C=O) groups is 1. The summed E-state index contributed by atoms with van der Waals surface area (Å²) in [6.07, 6.45) is 3.31. The first-order valence-electron chi connectivity index (χ1n) is 5.34. The molecule has 20 heavy (non-hydrogen) atoms. The van der Waals surface area contributed by atoms with Gasteiger partial charge in [-0.1, -0.05) is 11.8 Å². The largest absolute Gasteiger partial charge is 0.478 e. The number of imidazole rings is 1. The first-order valence-corrected chi connectivity index (χ1v) is 7.70. The number of hydrogen-bond acceptors (Lipinski definition) is 5. The molecule has 0 atom stereocenters. The molecule has 0 aliphatic rings. The smallest absolute Gasteiger partial charge is 0.336 e. The second kappa shape index (κ2) is 5.27. The van der Waals surface area contributed by atoms with E-state index in [0.29, 0.717) is 10.1 Å². The lowest BCUT2D eigenvalue weighted by Crippen LogP contribution is -2.13. The van der Waals surface area contributed by atoms with Crippen LogP contribution in [0.3, 0.4) is 0 Å². The van der Waals surface area contributed by atoms with E-state index in [2.05, 4.69) is 4.98 Å². The lowest BCUT2D eigenvalue weighted by atomic mass is 10.2. The molecular formula is C11H11N3O4S2. The number of aromatic nitrogens is 2. The zero-order valence-corrected chi connectivity index (χ0v) is 12.0. The predicted octanol–water partition coefficient (Wildman–Crippen LogP) is 0.917. The van der Waals surface area contributed by atoms with E-state index in [4.69, 9.17) is 5.14 Å². The van der Waals surface area contributed by atoms with Crippen molar-refractivity contribution in [2.45, 2.75) is 14.9 Å². The Morgan fingerprint density at radius 1 is 1.45 bits per heavy atom. The van der Waals surface area contributed by atoms with Crippen molar-refractivity contribution >= 4 is 27.8 Å². The monoisotopic (exact) mass is 313 g/mol. The summed E-state index contributed by atoms with van der Waals surface area (Å²) >= 11 is 1.13. The van der Waals surface area contributed by atoms with Crippen LogP contribution >= 0.6 is 11.8 Å². The number of nitrogens with two attached hydrogens (primary N) is 1. The van der Waals surface area contributed by atoms with E-state index in [0.717, 1.165) is 17.8 Å². The number of aryl methyl sites for hydroxylation is 1. The van der Waals surface area contributed by atoms with Gasteiger partial charge in [-0.2, -0.15) is 0 Å². The normalized spacial score (nSPS) is 11.5. The number of aromatic carboxylic acids is 1. The summed E-state index contributed by atoms with van der Waals surface area (Å²) in [6, 6.07) is 3.72. The van der Waals surface area contributed by atoms with Crippen LogP contribution in [0.15, 0.2) is 45.5 Å².